The van der Waals surface area contributed by atoms with Crippen LogP contribution in [0.4, 0.5) is 0 Å². The van der Waals surface area contributed by atoms with Gasteiger partial charge in [-0.3, -0.25) is 0 Å². The molecule has 0 radical (unpaired) electrons. The second kappa shape index (κ2) is 2.67. The Kier molecular flexibility index (Phi) is 2.73. The van der Waals surface area contributed by atoms with Gasteiger partial charge in [0.1, 0.15) is 0 Å². The lowest BCUT2D eigenvalue weighted by molar-refractivity contribution is 0.179. The molecule has 0 aromatic rings. The van der Waals surface area contributed by atoms with Gasteiger partial charge >= 0.3 is 17.6 Å². The molecule has 0 aliphatic heterocycles. The smallest absolute Gasteiger partial charge is 0.390 e. The van der Waals surface area contributed by atoms with Gasteiger partial charge in [0, 0.05) is 0 Å². The standard InChI is InChI=1S/C2H10O6Si2/c1-2(9(3,4)5)10(6,7)8/h2-8H,1H3. The molecule has 0 fully saturated rings. The predicted molar refractivity (Wildman–Crippen MR) is 34.2 cm³/mol. The Labute approximate surface area is 59.4 Å². The second-order valence-corrected chi connectivity index (χ2v) is 7.15. The van der Waals surface area contributed by atoms with Gasteiger partial charge in [-0.2, -0.15) is 0 Å². The van der Waals surface area contributed by atoms with Gasteiger partial charge in [0.2, 0.25) is 0 Å². The Morgan fingerprint density at radius 3 is 1.00 bits per heavy atom. The maximum Gasteiger partial charge on any atom is 0.500 e. The van der Waals surface area contributed by atoms with Crippen molar-refractivity contribution in [1.29, 1.82) is 0 Å². The third kappa shape index (κ3) is 2.85. The lowest BCUT2D eigenvalue weighted by atomic mass is 10.9. The molecule has 0 amide bonds. The summed E-state index contributed by atoms with van der Waals surface area (Å²) in [6.45, 7) is 0.957. The molecule has 0 rings (SSSR count). The Balaban J connectivity index is 4.23. The normalized spacial score (nSPS) is 14.4. The van der Waals surface area contributed by atoms with E-state index < -0.39 is 22.8 Å². The molecule has 0 atom stereocenters. The molecule has 62 valence electrons. The summed E-state index contributed by atoms with van der Waals surface area (Å²) in [4.78, 5) is 50.6. The molecule has 0 saturated carbocycles. The van der Waals surface area contributed by atoms with Gasteiger partial charge in [-0.1, -0.05) is 6.92 Å². The average molecular weight is 186 g/mol. The predicted octanol–water partition coefficient (Wildman–Crippen LogP) is -3.25. The van der Waals surface area contributed by atoms with Crippen LogP contribution < -0.4 is 0 Å². The summed E-state index contributed by atoms with van der Waals surface area (Å²) in [7, 11) is -9.17. The van der Waals surface area contributed by atoms with Crippen LogP contribution in [0, 0.1) is 0 Å². The number of hydrogen-bond donors (Lipinski definition) is 6. The Morgan fingerprint density at radius 1 is 0.800 bits per heavy atom. The van der Waals surface area contributed by atoms with Gasteiger partial charge in [-0.05, 0) is 0 Å². The van der Waals surface area contributed by atoms with Crippen LogP contribution in [-0.4, -0.2) is 46.4 Å². The van der Waals surface area contributed by atoms with Gasteiger partial charge < -0.3 is 28.8 Å². The lowest BCUT2D eigenvalue weighted by Gasteiger charge is -2.22. The van der Waals surface area contributed by atoms with Crippen molar-refractivity contribution < 1.29 is 28.8 Å². The molecule has 0 aromatic carbocycles. The van der Waals surface area contributed by atoms with Crippen molar-refractivity contribution in [3.05, 3.63) is 0 Å². The highest BCUT2D eigenvalue weighted by atomic mass is 28.5. The van der Waals surface area contributed by atoms with Crippen LogP contribution in [0.25, 0.3) is 0 Å². The van der Waals surface area contributed by atoms with Crippen LogP contribution in [0.2, 0.25) is 5.16 Å². The van der Waals surface area contributed by atoms with Crippen molar-refractivity contribution in [2.45, 2.75) is 12.1 Å². The van der Waals surface area contributed by atoms with E-state index in [1.54, 1.807) is 0 Å². The molecule has 0 bridgehead atoms. The minimum absolute atomic E-state index is 0.957. The monoisotopic (exact) mass is 186 g/mol. The minimum Gasteiger partial charge on any atom is -0.390 e. The van der Waals surface area contributed by atoms with E-state index in [2.05, 4.69) is 0 Å². The van der Waals surface area contributed by atoms with E-state index >= 15 is 0 Å². The van der Waals surface area contributed by atoms with Crippen LogP contribution in [0.1, 0.15) is 6.92 Å². The molecule has 0 heterocycles. The minimum atomic E-state index is -4.58. The quantitative estimate of drug-likeness (QED) is 0.252. The zero-order valence-electron chi connectivity index (χ0n) is 5.26. The molecule has 8 heteroatoms. The summed E-state index contributed by atoms with van der Waals surface area (Å²) in [6.07, 6.45) is 0. The van der Waals surface area contributed by atoms with Gasteiger partial charge in [0.05, 0.1) is 5.16 Å². The zero-order valence-corrected chi connectivity index (χ0v) is 7.26. The van der Waals surface area contributed by atoms with E-state index in [4.69, 9.17) is 28.8 Å². The van der Waals surface area contributed by atoms with Gasteiger partial charge in [0.25, 0.3) is 0 Å². The first kappa shape index (κ1) is 10.2. The van der Waals surface area contributed by atoms with E-state index in [1.807, 2.05) is 0 Å². The van der Waals surface area contributed by atoms with Crippen molar-refractivity contribution in [3.63, 3.8) is 0 Å². The van der Waals surface area contributed by atoms with Crippen LogP contribution in [0.3, 0.4) is 0 Å². The van der Waals surface area contributed by atoms with Crippen LogP contribution >= 0.6 is 0 Å². The highest BCUT2D eigenvalue weighted by Gasteiger charge is 2.52. The topological polar surface area (TPSA) is 121 Å². The maximum atomic E-state index is 8.43. The Morgan fingerprint density at radius 2 is 1.00 bits per heavy atom. The van der Waals surface area contributed by atoms with E-state index in [9.17, 15) is 0 Å². The lowest BCUT2D eigenvalue weighted by Crippen LogP contribution is -2.55. The van der Waals surface area contributed by atoms with E-state index in [0.717, 1.165) is 6.92 Å². The van der Waals surface area contributed by atoms with E-state index in [-0.39, 0.29) is 0 Å². The first-order valence-corrected chi connectivity index (χ1v) is 6.33. The molecule has 0 aromatic heterocycles. The van der Waals surface area contributed by atoms with Crippen molar-refractivity contribution in [2.75, 3.05) is 0 Å². The molecule has 0 aliphatic carbocycles. The van der Waals surface area contributed by atoms with Crippen LogP contribution in [-0.2, 0) is 0 Å². The third-order valence-electron chi connectivity index (χ3n) is 1.16. The largest absolute Gasteiger partial charge is 0.500 e. The first-order chi connectivity index (χ1) is 4.15. The molecule has 0 spiro atoms. The highest BCUT2D eigenvalue weighted by Crippen LogP contribution is 2.19. The molecular formula is C2H10O6Si2. The summed E-state index contributed by atoms with van der Waals surface area (Å²) in [5, 5.41) is -1.63. The summed E-state index contributed by atoms with van der Waals surface area (Å²) in [6, 6.07) is 0. The zero-order chi connectivity index (χ0) is 8.58. The molecule has 0 unspecified atom stereocenters. The van der Waals surface area contributed by atoms with Crippen LogP contribution in [0.5, 0.6) is 0 Å². The average Bonchev–Trinajstić information content (AvgIpc) is 1.59. The number of rotatable bonds is 2. The second-order valence-electron chi connectivity index (χ2n) is 2.10. The number of hydrogen-bond acceptors (Lipinski definition) is 6. The van der Waals surface area contributed by atoms with Crippen molar-refractivity contribution >= 4 is 17.6 Å². The van der Waals surface area contributed by atoms with E-state index in [1.165, 1.54) is 0 Å². The van der Waals surface area contributed by atoms with E-state index in [0.29, 0.717) is 0 Å². The highest BCUT2D eigenvalue weighted by molar-refractivity contribution is 6.78. The van der Waals surface area contributed by atoms with Gasteiger partial charge in [0.15, 0.2) is 0 Å². The summed E-state index contributed by atoms with van der Waals surface area (Å²) >= 11 is 0. The van der Waals surface area contributed by atoms with Crippen molar-refractivity contribution in [3.8, 4) is 0 Å². The molecule has 0 aliphatic rings. The fraction of sp³-hybridized carbons (Fsp3) is 1.00. The van der Waals surface area contributed by atoms with Gasteiger partial charge in [-0.15, -0.1) is 0 Å². The Hall–Kier alpha value is 0.194. The van der Waals surface area contributed by atoms with Crippen molar-refractivity contribution in [1.82, 2.24) is 0 Å². The summed E-state index contributed by atoms with van der Waals surface area (Å²) in [5.74, 6) is 0. The fourth-order valence-corrected chi connectivity index (χ4v) is 2.34. The summed E-state index contributed by atoms with van der Waals surface area (Å²) in [5.41, 5.74) is 0. The van der Waals surface area contributed by atoms with Gasteiger partial charge in [-0.25, -0.2) is 0 Å². The molecule has 6 nitrogen and oxygen atoms in total. The Bertz CT molecular complexity index is 97.9. The van der Waals surface area contributed by atoms with Crippen molar-refractivity contribution in [2.24, 2.45) is 0 Å². The molecule has 6 N–H and O–H groups in total. The molecular weight excluding hydrogens is 176 g/mol. The van der Waals surface area contributed by atoms with Crippen LogP contribution in [0.15, 0.2) is 0 Å². The molecule has 10 heavy (non-hydrogen) atoms. The summed E-state index contributed by atoms with van der Waals surface area (Å²) < 4.78 is 0. The fourth-order valence-electron chi connectivity index (χ4n) is 0.260. The first-order valence-electron chi connectivity index (χ1n) is 2.50. The third-order valence-corrected chi connectivity index (χ3v) is 5.81. The SMILES string of the molecule is CC([Si](O)(O)O)[Si](O)(O)O. The molecule has 0 saturated heterocycles. The maximum absolute atomic E-state index is 8.43.